The van der Waals surface area contributed by atoms with E-state index < -0.39 is 30.2 Å². The van der Waals surface area contributed by atoms with Crippen LogP contribution in [0.4, 0.5) is 9.59 Å². The summed E-state index contributed by atoms with van der Waals surface area (Å²) in [5.41, 5.74) is -0.157. The van der Waals surface area contributed by atoms with Gasteiger partial charge in [-0.15, -0.1) is 0 Å². The number of ether oxygens (including phenoxy) is 1. The minimum atomic E-state index is -1.30. The Morgan fingerprint density at radius 2 is 1.66 bits per heavy atom. The molecule has 1 saturated carbocycles. The van der Waals surface area contributed by atoms with Crippen molar-refractivity contribution in [3.63, 3.8) is 0 Å². The Hall–Kier alpha value is -4.56. The molecule has 0 bridgehead atoms. The molecule has 15 heteroatoms. The molecule has 1 aliphatic carbocycles. The third-order valence-electron chi connectivity index (χ3n) is 8.94. The van der Waals surface area contributed by atoms with Crippen LogP contribution in [0.3, 0.4) is 0 Å². The summed E-state index contributed by atoms with van der Waals surface area (Å²) < 4.78 is 5.59. The number of piperidine rings is 1. The third kappa shape index (κ3) is 6.65. The molecule has 238 valence electrons. The van der Waals surface area contributed by atoms with E-state index in [9.17, 15) is 39.0 Å². The number of nitrogens with one attached hydrogen (secondary N) is 2. The number of benzene rings is 1. The zero-order chi connectivity index (χ0) is 31.6. The van der Waals surface area contributed by atoms with Crippen LogP contribution in [0.1, 0.15) is 32.6 Å². The second kappa shape index (κ2) is 12.6. The number of carboxylic acid groups (broad SMARTS) is 2. The van der Waals surface area contributed by atoms with Crippen LogP contribution in [-0.2, 0) is 19.2 Å². The second-order valence-corrected chi connectivity index (χ2v) is 12.1. The molecular weight excluding hydrogens is 576 g/mol. The molecule has 4 fully saturated rings. The van der Waals surface area contributed by atoms with Crippen LogP contribution in [0.25, 0.3) is 0 Å². The summed E-state index contributed by atoms with van der Waals surface area (Å²) in [6.07, 6.45) is -0.564. The number of fused-ring (bicyclic) bond motifs is 1. The first kappa shape index (κ1) is 30.9. The Balaban J connectivity index is 1.07. The minimum Gasteiger partial charge on any atom is -0.494 e. The number of piperazine rings is 1. The van der Waals surface area contributed by atoms with E-state index in [4.69, 9.17) is 4.74 Å². The largest absolute Gasteiger partial charge is 0.494 e. The molecule has 3 saturated heterocycles. The number of likely N-dealkylation sites (tertiary alicyclic amines) is 2. The quantitative estimate of drug-likeness (QED) is 0.263. The van der Waals surface area contributed by atoms with Gasteiger partial charge in [-0.25, -0.2) is 9.59 Å². The van der Waals surface area contributed by atoms with Crippen molar-refractivity contribution < 1.29 is 43.7 Å². The van der Waals surface area contributed by atoms with Gasteiger partial charge in [0.1, 0.15) is 17.8 Å². The number of hydrogen-bond donors (Lipinski definition) is 4. The fourth-order valence-corrected chi connectivity index (χ4v) is 6.31. The summed E-state index contributed by atoms with van der Waals surface area (Å²) in [7, 11) is 0. The van der Waals surface area contributed by atoms with E-state index in [2.05, 4.69) is 10.6 Å². The summed E-state index contributed by atoms with van der Waals surface area (Å²) in [5, 5.41) is 24.3. The average Bonchev–Trinajstić information content (AvgIpc) is 3.54. The molecule has 0 radical (unpaired) electrons. The van der Waals surface area contributed by atoms with Crippen LogP contribution >= 0.6 is 0 Å². The molecule has 44 heavy (non-hydrogen) atoms. The third-order valence-corrected chi connectivity index (χ3v) is 8.94. The summed E-state index contributed by atoms with van der Waals surface area (Å²) in [6.45, 7) is 2.08. The van der Waals surface area contributed by atoms with Crippen molar-refractivity contribution in [1.29, 1.82) is 0 Å². The number of para-hydroxylation sites is 1. The average molecular weight is 615 g/mol. The lowest BCUT2D eigenvalue weighted by Gasteiger charge is -2.45. The Labute approximate surface area is 254 Å². The Kier molecular flexibility index (Phi) is 8.83. The van der Waals surface area contributed by atoms with Gasteiger partial charge in [0.2, 0.25) is 23.6 Å². The number of carbonyl (C=O) groups excluding carboxylic acids is 4. The van der Waals surface area contributed by atoms with Gasteiger partial charge in [0.05, 0.1) is 25.7 Å². The van der Waals surface area contributed by atoms with E-state index in [1.54, 1.807) is 4.90 Å². The number of hydrogen-bond acceptors (Lipinski definition) is 7. The monoisotopic (exact) mass is 614 g/mol. The molecule has 0 unspecified atom stereocenters. The fourth-order valence-electron chi connectivity index (χ4n) is 6.31. The van der Waals surface area contributed by atoms with Crippen LogP contribution in [-0.4, -0.2) is 136 Å². The van der Waals surface area contributed by atoms with Gasteiger partial charge in [-0.05, 0) is 36.8 Å². The van der Waals surface area contributed by atoms with Crippen molar-refractivity contribution in [1.82, 2.24) is 30.2 Å². The number of carbonyl (C=O) groups is 6. The zero-order valence-corrected chi connectivity index (χ0v) is 24.5. The van der Waals surface area contributed by atoms with E-state index in [1.165, 1.54) is 4.90 Å². The van der Waals surface area contributed by atoms with Crippen molar-refractivity contribution >= 4 is 35.8 Å². The molecule has 0 aromatic heterocycles. The first-order valence-corrected chi connectivity index (χ1v) is 14.8. The maximum absolute atomic E-state index is 13.3. The van der Waals surface area contributed by atoms with Gasteiger partial charge in [-0.2, -0.15) is 0 Å². The maximum Gasteiger partial charge on any atom is 0.408 e. The predicted molar refractivity (Wildman–Crippen MR) is 153 cm³/mol. The zero-order valence-electron chi connectivity index (χ0n) is 24.5. The Morgan fingerprint density at radius 3 is 2.34 bits per heavy atom. The van der Waals surface area contributed by atoms with E-state index in [1.807, 2.05) is 37.3 Å². The van der Waals surface area contributed by atoms with Gasteiger partial charge in [-0.1, -0.05) is 25.1 Å². The molecule has 15 nitrogen and oxygen atoms in total. The smallest absolute Gasteiger partial charge is 0.408 e. The highest BCUT2D eigenvalue weighted by molar-refractivity contribution is 5.92. The standard InChI is InChI=1S/C29H38N6O9/c1-29-12-20(35(22(29)13-29)24(37)14-30-23(36)8-5-11-44-19-6-3-2-4-7-19)25(38)31-18-15-33(16-18)26(39)21-17-32(27(40)41)9-10-34(21)28(42)43/h2-4,6-7,18,20-22H,5,8-17H2,1H3,(H,30,36)(H,31,38)(H,40,41)(H,42,43)/t20-,21+,22-,29+/m0/s1. The lowest BCUT2D eigenvalue weighted by molar-refractivity contribution is -0.145. The second-order valence-electron chi connectivity index (χ2n) is 12.1. The van der Waals surface area contributed by atoms with E-state index in [0.717, 1.165) is 22.0 Å². The van der Waals surface area contributed by atoms with Crippen molar-refractivity contribution in [2.24, 2.45) is 5.41 Å². The van der Waals surface area contributed by atoms with Gasteiger partial charge in [0.15, 0.2) is 0 Å². The van der Waals surface area contributed by atoms with Gasteiger partial charge in [0, 0.05) is 38.6 Å². The Bertz CT molecular complexity index is 1310. The van der Waals surface area contributed by atoms with Gasteiger partial charge >= 0.3 is 12.2 Å². The molecule has 5 rings (SSSR count). The molecule has 4 atom stereocenters. The molecule has 1 aromatic carbocycles. The van der Waals surface area contributed by atoms with Crippen LogP contribution in [0, 0.1) is 5.41 Å². The SMILES string of the molecule is C[C@@]12C[C@@H]1N(C(=O)CNC(=O)CCCOc1ccccc1)[C@H](C(=O)NC1CN(C(=O)[C@H]3CN(C(=O)O)CCN3C(=O)O)C1)C2. The van der Waals surface area contributed by atoms with Crippen LogP contribution in [0.2, 0.25) is 0 Å². The number of amides is 6. The normalized spacial score (nSPS) is 25.9. The lowest BCUT2D eigenvalue weighted by Crippen LogP contribution is -2.68. The topological polar surface area (TPSA) is 189 Å². The predicted octanol–water partition coefficient (Wildman–Crippen LogP) is 0.0105. The van der Waals surface area contributed by atoms with Crippen molar-refractivity contribution in [3.8, 4) is 5.75 Å². The highest BCUT2D eigenvalue weighted by Gasteiger charge is 2.64. The molecule has 4 N–H and O–H groups in total. The van der Waals surface area contributed by atoms with Gasteiger partial charge in [0.25, 0.3) is 0 Å². The first-order valence-electron chi connectivity index (χ1n) is 14.8. The van der Waals surface area contributed by atoms with Crippen LogP contribution in [0.15, 0.2) is 30.3 Å². The van der Waals surface area contributed by atoms with E-state index in [0.29, 0.717) is 19.4 Å². The first-order chi connectivity index (χ1) is 21.0. The highest BCUT2D eigenvalue weighted by atomic mass is 16.5. The molecule has 4 aliphatic rings. The van der Waals surface area contributed by atoms with Crippen molar-refractivity contribution in [2.45, 2.75) is 56.8 Å². The molecular formula is C29H38N6O9. The number of nitrogens with zero attached hydrogens (tertiary/aromatic N) is 4. The Morgan fingerprint density at radius 1 is 0.932 bits per heavy atom. The molecule has 3 aliphatic heterocycles. The van der Waals surface area contributed by atoms with Crippen LogP contribution < -0.4 is 15.4 Å². The molecule has 0 spiro atoms. The molecule has 6 amide bonds. The van der Waals surface area contributed by atoms with Gasteiger partial charge in [-0.3, -0.25) is 24.1 Å². The summed E-state index contributed by atoms with van der Waals surface area (Å²) >= 11 is 0. The van der Waals surface area contributed by atoms with Crippen molar-refractivity contribution in [3.05, 3.63) is 30.3 Å². The minimum absolute atomic E-state index is 0.0198. The van der Waals surface area contributed by atoms with Crippen LogP contribution in [0.5, 0.6) is 5.75 Å². The van der Waals surface area contributed by atoms with E-state index in [-0.39, 0.29) is 80.9 Å². The maximum atomic E-state index is 13.3. The summed E-state index contributed by atoms with van der Waals surface area (Å²) in [4.78, 5) is 79.8. The lowest BCUT2D eigenvalue weighted by atomic mass is 10.00. The van der Waals surface area contributed by atoms with E-state index >= 15 is 0 Å². The molecule has 3 heterocycles. The summed E-state index contributed by atoms with van der Waals surface area (Å²) in [6, 6.07) is 6.95. The number of rotatable bonds is 10. The van der Waals surface area contributed by atoms with Gasteiger partial charge < -0.3 is 40.3 Å². The fraction of sp³-hybridized carbons (Fsp3) is 0.586. The molecule has 1 aromatic rings. The summed E-state index contributed by atoms with van der Waals surface area (Å²) in [5.74, 6) is -0.743. The van der Waals surface area contributed by atoms with Crippen molar-refractivity contribution in [2.75, 3.05) is 45.9 Å². The highest BCUT2D eigenvalue weighted by Crippen LogP contribution is 2.59.